The third kappa shape index (κ3) is 7.34. The van der Waals surface area contributed by atoms with Crippen LogP contribution in [0.15, 0.2) is 29.3 Å². The standard InChI is InChI=1S/C21H37N5/c1-4-25(5-2)18-20-11-9-10-19(16-20)17-24-21(22-3)23-12-15-26-13-7-6-8-14-26/h9-11,16H,4-8,12-15,17-18H2,1-3H3,(H2,22,23,24). The molecule has 0 aromatic heterocycles. The molecule has 1 aromatic rings. The lowest BCUT2D eigenvalue weighted by atomic mass is 10.1. The van der Waals surface area contributed by atoms with E-state index in [1.807, 2.05) is 7.05 Å². The highest BCUT2D eigenvalue weighted by molar-refractivity contribution is 5.79. The van der Waals surface area contributed by atoms with Crippen LogP contribution >= 0.6 is 0 Å². The molecule has 1 aromatic carbocycles. The highest BCUT2D eigenvalue weighted by Gasteiger charge is 2.09. The SMILES string of the molecule is CCN(CC)Cc1cccc(CNC(=NC)NCCN2CCCCC2)c1. The average Bonchev–Trinajstić information content (AvgIpc) is 2.69. The number of nitrogens with one attached hydrogen (secondary N) is 2. The van der Waals surface area contributed by atoms with E-state index in [2.05, 4.69) is 63.5 Å². The van der Waals surface area contributed by atoms with Gasteiger partial charge in [-0.3, -0.25) is 9.89 Å². The Labute approximate surface area is 159 Å². The normalized spacial score (nSPS) is 16.1. The van der Waals surface area contributed by atoms with Gasteiger partial charge in [0.05, 0.1) is 0 Å². The van der Waals surface area contributed by atoms with Crippen LogP contribution in [0, 0.1) is 0 Å². The van der Waals surface area contributed by atoms with Gasteiger partial charge in [0.2, 0.25) is 0 Å². The molecule has 0 radical (unpaired) electrons. The first kappa shape index (κ1) is 20.7. The van der Waals surface area contributed by atoms with E-state index in [4.69, 9.17) is 0 Å². The molecular formula is C21H37N5. The predicted molar refractivity (Wildman–Crippen MR) is 112 cm³/mol. The van der Waals surface area contributed by atoms with E-state index in [0.717, 1.165) is 45.2 Å². The fourth-order valence-electron chi connectivity index (χ4n) is 3.47. The molecule has 1 fully saturated rings. The lowest BCUT2D eigenvalue weighted by Crippen LogP contribution is -2.42. The first-order valence-corrected chi connectivity index (χ1v) is 10.2. The van der Waals surface area contributed by atoms with Gasteiger partial charge in [-0.1, -0.05) is 44.5 Å². The fraction of sp³-hybridized carbons (Fsp3) is 0.667. The van der Waals surface area contributed by atoms with Crippen LogP contribution in [0.2, 0.25) is 0 Å². The van der Waals surface area contributed by atoms with Gasteiger partial charge in [0.25, 0.3) is 0 Å². The molecule has 0 amide bonds. The molecule has 0 unspecified atom stereocenters. The molecule has 0 spiro atoms. The van der Waals surface area contributed by atoms with Gasteiger partial charge < -0.3 is 15.5 Å². The Morgan fingerprint density at radius 3 is 2.50 bits per heavy atom. The summed E-state index contributed by atoms with van der Waals surface area (Å²) in [6.45, 7) is 13.0. The zero-order valence-electron chi connectivity index (χ0n) is 16.9. The number of rotatable bonds is 9. The smallest absolute Gasteiger partial charge is 0.191 e. The first-order valence-electron chi connectivity index (χ1n) is 10.2. The summed E-state index contributed by atoms with van der Waals surface area (Å²) in [4.78, 5) is 9.33. The number of nitrogens with zero attached hydrogens (tertiary/aromatic N) is 3. The summed E-state index contributed by atoms with van der Waals surface area (Å²) >= 11 is 0. The summed E-state index contributed by atoms with van der Waals surface area (Å²) in [7, 11) is 1.84. The lowest BCUT2D eigenvalue weighted by molar-refractivity contribution is 0.232. The molecule has 1 aliphatic rings. The van der Waals surface area contributed by atoms with E-state index in [-0.39, 0.29) is 0 Å². The Kier molecular flexibility index (Phi) is 9.50. The lowest BCUT2D eigenvalue weighted by Gasteiger charge is -2.26. The molecule has 2 N–H and O–H groups in total. The van der Waals surface area contributed by atoms with Gasteiger partial charge >= 0.3 is 0 Å². The van der Waals surface area contributed by atoms with Crippen LogP contribution in [0.3, 0.4) is 0 Å². The van der Waals surface area contributed by atoms with Crippen molar-refractivity contribution in [2.24, 2.45) is 4.99 Å². The average molecular weight is 360 g/mol. The summed E-state index contributed by atoms with van der Waals surface area (Å²) < 4.78 is 0. The molecule has 0 aliphatic carbocycles. The second-order valence-electron chi connectivity index (χ2n) is 7.04. The van der Waals surface area contributed by atoms with Crippen LogP contribution in [0.5, 0.6) is 0 Å². The van der Waals surface area contributed by atoms with E-state index in [9.17, 15) is 0 Å². The number of piperidine rings is 1. The monoisotopic (exact) mass is 359 g/mol. The predicted octanol–water partition coefficient (Wildman–Crippen LogP) is 2.68. The summed E-state index contributed by atoms with van der Waals surface area (Å²) in [5, 5.41) is 6.88. The molecule has 1 aliphatic heterocycles. The van der Waals surface area contributed by atoms with Gasteiger partial charge in [-0.2, -0.15) is 0 Å². The van der Waals surface area contributed by atoms with E-state index in [1.165, 1.54) is 43.5 Å². The zero-order valence-corrected chi connectivity index (χ0v) is 16.9. The van der Waals surface area contributed by atoms with Crippen LogP contribution in [0.25, 0.3) is 0 Å². The molecular weight excluding hydrogens is 322 g/mol. The van der Waals surface area contributed by atoms with Crippen LogP contribution in [0.4, 0.5) is 0 Å². The first-order chi connectivity index (χ1) is 12.7. The van der Waals surface area contributed by atoms with Gasteiger partial charge in [-0.15, -0.1) is 0 Å². The fourth-order valence-corrected chi connectivity index (χ4v) is 3.47. The number of likely N-dealkylation sites (tertiary alicyclic amines) is 1. The van der Waals surface area contributed by atoms with Crippen molar-refractivity contribution in [3.63, 3.8) is 0 Å². The molecule has 0 bridgehead atoms. The second-order valence-corrected chi connectivity index (χ2v) is 7.04. The molecule has 1 heterocycles. The summed E-state index contributed by atoms with van der Waals surface area (Å²) in [6.07, 6.45) is 4.08. The maximum Gasteiger partial charge on any atom is 0.191 e. The van der Waals surface area contributed by atoms with Crippen molar-refractivity contribution in [2.45, 2.75) is 46.2 Å². The van der Waals surface area contributed by atoms with Crippen molar-refractivity contribution in [1.82, 2.24) is 20.4 Å². The minimum Gasteiger partial charge on any atom is -0.355 e. The van der Waals surface area contributed by atoms with Gasteiger partial charge in [-0.25, -0.2) is 0 Å². The maximum atomic E-state index is 4.35. The van der Waals surface area contributed by atoms with Gasteiger partial charge in [0.15, 0.2) is 5.96 Å². The number of hydrogen-bond donors (Lipinski definition) is 2. The quantitative estimate of drug-likeness (QED) is 0.525. The summed E-state index contributed by atoms with van der Waals surface area (Å²) in [5.74, 6) is 0.885. The number of aliphatic imine (C=N–C) groups is 1. The number of hydrogen-bond acceptors (Lipinski definition) is 3. The third-order valence-corrected chi connectivity index (χ3v) is 5.14. The Hall–Kier alpha value is -1.59. The van der Waals surface area contributed by atoms with Crippen molar-refractivity contribution < 1.29 is 0 Å². The molecule has 146 valence electrons. The van der Waals surface area contributed by atoms with E-state index >= 15 is 0 Å². The van der Waals surface area contributed by atoms with E-state index < -0.39 is 0 Å². The van der Waals surface area contributed by atoms with Gasteiger partial charge in [0.1, 0.15) is 0 Å². The van der Waals surface area contributed by atoms with Crippen molar-refractivity contribution in [3.8, 4) is 0 Å². The van der Waals surface area contributed by atoms with Crippen molar-refractivity contribution in [3.05, 3.63) is 35.4 Å². The molecule has 5 heteroatoms. The van der Waals surface area contributed by atoms with Crippen molar-refractivity contribution in [2.75, 3.05) is 46.3 Å². The van der Waals surface area contributed by atoms with Gasteiger partial charge in [0, 0.05) is 33.2 Å². The highest BCUT2D eigenvalue weighted by Crippen LogP contribution is 2.09. The molecule has 5 nitrogen and oxygen atoms in total. The Balaban J connectivity index is 1.75. The zero-order chi connectivity index (χ0) is 18.6. The highest BCUT2D eigenvalue weighted by atomic mass is 15.2. The molecule has 2 rings (SSSR count). The maximum absolute atomic E-state index is 4.35. The minimum absolute atomic E-state index is 0.801. The third-order valence-electron chi connectivity index (χ3n) is 5.14. The second kappa shape index (κ2) is 11.9. The number of benzene rings is 1. The van der Waals surface area contributed by atoms with E-state index in [0.29, 0.717) is 0 Å². The van der Waals surface area contributed by atoms with E-state index in [1.54, 1.807) is 0 Å². The largest absolute Gasteiger partial charge is 0.355 e. The molecule has 0 saturated carbocycles. The molecule has 26 heavy (non-hydrogen) atoms. The molecule has 0 atom stereocenters. The summed E-state index contributed by atoms with van der Waals surface area (Å²) in [5.41, 5.74) is 2.68. The van der Waals surface area contributed by atoms with Crippen molar-refractivity contribution >= 4 is 5.96 Å². The van der Waals surface area contributed by atoms with Crippen LogP contribution < -0.4 is 10.6 Å². The van der Waals surface area contributed by atoms with Gasteiger partial charge in [-0.05, 0) is 50.1 Å². The minimum atomic E-state index is 0.801. The van der Waals surface area contributed by atoms with Crippen molar-refractivity contribution in [1.29, 1.82) is 0 Å². The summed E-state index contributed by atoms with van der Waals surface area (Å²) in [6, 6.07) is 8.85. The van der Waals surface area contributed by atoms with Crippen LogP contribution in [-0.4, -0.2) is 62.1 Å². The Bertz CT molecular complexity index is 533. The topological polar surface area (TPSA) is 42.9 Å². The Morgan fingerprint density at radius 2 is 1.81 bits per heavy atom. The Morgan fingerprint density at radius 1 is 1.08 bits per heavy atom. The molecule has 1 saturated heterocycles. The number of guanidine groups is 1. The van der Waals surface area contributed by atoms with Crippen LogP contribution in [0.1, 0.15) is 44.2 Å². The van der Waals surface area contributed by atoms with Crippen LogP contribution in [-0.2, 0) is 13.1 Å².